The first kappa shape index (κ1) is 15.6. The van der Waals surface area contributed by atoms with E-state index in [1.807, 2.05) is 31.3 Å². The molecule has 0 spiro atoms. The van der Waals surface area contributed by atoms with Gasteiger partial charge in [-0.1, -0.05) is 23.7 Å². The fourth-order valence-corrected chi connectivity index (χ4v) is 2.83. The molecule has 0 aromatic heterocycles. The molecule has 2 unspecified atom stereocenters. The lowest BCUT2D eigenvalue weighted by atomic mass is 9.88. The van der Waals surface area contributed by atoms with Crippen LogP contribution >= 0.6 is 11.6 Å². The van der Waals surface area contributed by atoms with E-state index in [1.165, 1.54) is 0 Å². The molecule has 1 fully saturated rings. The molecule has 0 aliphatic carbocycles. The molecule has 0 saturated carbocycles. The Morgan fingerprint density at radius 3 is 2.50 bits per heavy atom. The third-order valence-corrected chi connectivity index (χ3v) is 3.82. The third kappa shape index (κ3) is 4.65. The van der Waals surface area contributed by atoms with Crippen molar-refractivity contribution in [2.75, 3.05) is 26.7 Å². The number of nitrogens with zero attached hydrogens (tertiary/aromatic N) is 1. The molecule has 2 nitrogen and oxygen atoms in total. The second-order valence-corrected chi connectivity index (χ2v) is 5.83. The van der Waals surface area contributed by atoms with E-state index in [2.05, 4.69) is 10.2 Å². The number of hydrogen-bond acceptors (Lipinski definition) is 2. The summed E-state index contributed by atoms with van der Waals surface area (Å²) >= 11 is 5.86. The SMILES string of the molecule is CN1CC(NCC(F)(F)F)CC(c2ccc(Cl)cc2)C1. The number of benzene rings is 1. The zero-order valence-electron chi connectivity index (χ0n) is 11.3. The van der Waals surface area contributed by atoms with Crippen molar-refractivity contribution in [1.29, 1.82) is 0 Å². The second-order valence-electron chi connectivity index (χ2n) is 5.40. The molecule has 0 amide bonds. The molecule has 1 aromatic carbocycles. The number of halogens is 4. The van der Waals surface area contributed by atoms with Gasteiger partial charge >= 0.3 is 6.18 Å². The van der Waals surface area contributed by atoms with E-state index < -0.39 is 12.7 Å². The van der Waals surface area contributed by atoms with Crippen LogP contribution in [0, 0.1) is 0 Å². The molecule has 2 rings (SSSR count). The molecule has 20 heavy (non-hydrogen) atoms. The van der Waals surface area contributed by atoms with Crippen LogP contribution in [-0.2, 0) is 0 Å². The molecule has 0 radical (unpaired) electrons. The first-order valence-corrected chi connectivity index (χ1v) is 6.95. The van der Waals surface area contributed by atoms with E-state index in [4.69, 9.17) is 11.6 Å². The summed E-state index contributed by atoms with van der Waals surface area (Å²) in [7, 11) is 1.93. The topological polar surface area (TPSA) is 15.3 Å². The van der Waals surface area contributed by atoms with Crippen molar-refractivity contribution < 1.29 is 13.2 Å². The van der Waals surface area contributed by atoms with Gasteiger partial charge in [-0.2, -0.15) is 13.2 Å². The minimum atomic E-state index is -4.16. The molecule has 1 aliphatic rings. The molecule has 1 heterocycles. The summed E-state index contributed by atoms with van der Waals surface area (Å²) in [4.78, 5) is 2.07. The monoisotopic (exact) mass is 306 g/mol. The lowest BCUT2D eigenvalue weighted by Crippen LogP contribution is -2.49. The highest BCUT2D eigenvalue weighted by molar-refractivity contribution is 6.30. The summed E-state index contributed by atoms with van der Waals surface area (Å²) in [5, 5.41) is 3.28. The van der Waals surface area contributed by atoms with Crippen molar-refractivity contribution in [2.45, 2.75) is 24.6 Å². The smallest absolute Gasteiger partial charge is 0.305 e. The van der Waals surface area contributed by atoms with Gasteiger partial charge in [0.15, 0.2) is 0 Å². The Balaban J connectivity index is 1.99. The van der Waals surface area contributed by atoms with Gasteiger partial charge in [-0.05, 0) is 37.1 Å². The van der Waals surface area contributed by atoms with Gasteiger partial charge in [0.05, 0.1) is 6.54 Å². The van der Waals surface area contributed by atoms with Gasteiger partial charge in [-0.3, -0.25) is 0 Å². The van der Waals surface area contributed by atoms with Gasteiger partial charge in [0, 0.05) is 24.2 Å². The van der Waals surface area contributed by atoms with Gasteiger partial charge in [0.25, 0.3) is 0 Å². The summed E-state index contributed by atoms with van der Waals surface area (Å²) < 4.78 is 36.8. The van der Waals surface area contributed by atoms with Crippen LogP contribution in [0.3, 0.4) is 0 Å². The van der Waals surface area contributed by atoms with Crippen molar-refractivity contribution in [3.8, 4) is 0 Å². The fraction of sp³-hybridized carbons (Fsp3) is 0.571. The Hall–Kier alpha value is -0.780. The first-order valence-electron chi connectivity index (χ1n) is 6.57. The van der Waals surface area contributed by atoms with Gasteiger partial charge in [-0.15, -0.1) is 0 Å². The third-order valence-electron chi connectivity index (χ3n) is 3.57. The minimum Gasteiger partial charge on any atom is -0.305 e. The number of nitrogens with one attached hydrogen (secondary N) is 1. The Morgan fingerprint density at radius 2 is 1.90 bits per heavy atom. The maximum absolute atomic E-state index is 12.3. The van der Waals surface area contributed by atoms with Crippen molar-refractivity contribution in [2.24, 2.45) is 0 Å². The van der Waals surface area contributed by atoms with Crippen LogP contribution in [0.4, 0.5) is 13.2 Å². The van der Waals surface area contributed by atoms with Crippen molar-refractivity contribution >= 4 is 11.6 Å². The number of hydrogen-bond donors (Lipinski definition) is 1. The molecule has 112 valence electrons. The van der Waals surface area contributed by atoms with Crippen molar-refractivity contribution in [3.05, 3.63) is 34.9 Å². The molecule has 1 saturated heterocycles. The Labute approximate surface area is 121 Å². The van der Waals surface area contributed by atoms with E-state index in [-0.39, 0.29) is 12.0 Å². The molecule has 1 aromatic rings. The fourth-order valence-electron chi connectivity index (χ4n) is 2.70. The van der Waals surface area contributed by atoms with Crippen molar-refractivity contribution in [3.63, 3.8) is 0 Å². The lowest BCUT2D eigenvalue weighted by molar-refractivity contribution is -0.127. The Bertz CT molecular complexity index is 433. The average Bonchev–Trinajstić information content (AvgIpc) is 2.36. The summed E-state index contributed by atoms with van der Waals surface area (Å²) in [5.74, 6) is 0.233. The normalized spacial score (nSPS) is 24.9. The number of rotatable bonds is 3. The Morgan fingerprint density at radius 1 is 1.25 bits per heavy atom. The van der Waals surface area contributed by atoms with E-state index in [0.29, 0.717) is 18.0 Å². The lowest BCUT2D eigenvalue weighted by Gasteiger charge is -2.36. The summed E-state index contributed by atoms with van der Waals surface area (Å²) in [6.45, 7) is 0.560. The number of piperidine rings is 1. The molecular formula is C14H18ClF3N2. The average molecular weight is 307 g/mol. The minimum absolute atomic E-state index is 0.143. The molecule has 2 atom stereocenters. The standard InChI is InChI=1S/C14H18ClF3N2/c1-20-7-11(10-2-4-12(15)5-3-10)6-13(8-20)19-9-14(16,17)18/h2-5,11,13,19H,6-9H2,1H3. The van der Waals surface area contributed by atoms with Crippen LogP contribution in [0.5, 0.6) is 0 Å². The second kappa shape index (κ2) is 6.33. The van der Waals surface area contributed by atoms with Crippen LogP contribution in [0.1, 0.15) is 17.9 Å². The van der Waals surface area contributed by atoms with Crippen LogP contribution in [0.2, 0.25) is 5.02 Å². The maximum Gasteiger partial charge on any atom is 0.401 e. The predicted octanol–water partition coefficient (Wildman–Crippen LogP) is 3.28. The molecular weight excluding hydrogens is 289 g/mol. The Kier molecular flexibility index (Phi) is 4.94. The number of likely N-dealkylation sites (N-methyl/N-ethyl adjacent to an activating group) is 1. The van der Waals surface area contributed by atoms with Crippen LogP contribution in [0.15, 0.2) is 24.3 Å². The maximum atomic E-state index is 12.3. The summed E-state index contributed by atoms with van der Waals surface area (Å²) in [5.41, 5.74) is 1.12. The van der Waals surface area contributed by atoms with E-state index in [1.54, 1.807) is 0 Å². The molecule has 0 bridgehead atoms. The quantitative estimate of drug-likeness (QED) is 0.922. The number of alkyl halides is 3. The molecule has 1 N–H and O–H groups in total. The largest absolute Gasteiger partial charge is 0.401 e. The first-order chi connectivity index (χ1) is 9.33. The van der Waals surface area contributed by atoms with Crippen molar-refractivity contribution in [1.82, 2.24) is 10.2 Å². The van der Waals surface area contributed by atoms with E-state index >= 15 is 0 Å². The van der Waals surface area contributed by atoms with Crippen LogP contribution in [-0.4, -0.2) is 43.8 Å². The molecule has 6 heteroatoms. The highest BCUT2D eigenvalue weighted by Crippen LogP contribution is 2.27. The van der Waals surface area contributed by atoms with E-state index in [0.717, 1.165) is 12.1 Å². The van der Waals surface area contributed by atoms with Gasteiger partial charge < -0.3 is 10.2 Å². The zero-order valence-corrected chi connectivity index (χ0v) is 12.0. The highest BCUT2D eigenvalue weighted by Gasteiger charge is 2.31. The van der Waals surface area contributed by atoms with Crippen LogP contribution in [0.25, 0.3) is 0 Å². The highest BCUT2D eigenvalue weighted by atomic mass is 35.5. The van der Waals surface area contributed by atoms with Crippen LogP contribution < -0.4 is 5.32 Å². The summed E-state index contributed by atoms with van der Waals surface area (Å²) in [6.07, 6.45) is -3.45. The zero-order chi connectivity index (χ0) is 14.8. The predicted molar refractivity (Wildman–Crippen MR) is 74.2 cm³/mol. The molecule has 1 aliphatic heterocycles. The van der Waals surface area contributed by atoms with Gasteiger partial charge in [0.2, 0.25) is 0 Å². The van der Waals surface area contributed by atoms with E-state index in [9.17, 15) is 13.2 Å². The summed E-state index contributed by atoms with van der Waals surface area (Å²) in [6, 6.07) is 7.41. The number of likely N-dealkylation sites (tertiary alicyclic amines) is 1. The van der Waals surface area contributed by atoms with Gasteiger partial charge in [0.1, 0.15) is 0 Å². The van der Waals surface area contributed by atoms with Gasteiger partial charge in [-0.25, -0.2) is 0 Å².